The second-order valence-electron chi connectivity index (χ2n) is 2.29. The molecule has 66 valence electrons. The first-order valence-electron chi connectivity index (χ1n) is 3.71. The van der Waals surface area contributed by atoms with Crippen molar-refractivity contribution in [2.75, 3.05) is 6.61 Å². The summed E-state index contributed by atoms with van der Waals surface area (Å²) < 4.78 is 4.67. The molecule has 12 heavy (non-hydrogen) atoms. The normalized spacial score (nSPS) is 8.17. The molecule has 0 atom stereocenters. The highest BCUT2D eigenvalue weighted by atomic mass is 16.5. The topological polar surface area (TPSA) is 43.4 Å². The summed E-state index contributed by atoms with van der Waals surface area (Å²) in [6.45, 7) is 3.23. The van der Waals surface area contributed by atoms with Gasteiger partial charge in [-0.3, -0.25) is 4.79 Å². The van der Waals surface area contributed by atoms with Crippen molar-refractivity contribution < 1.29 is 14.3 Å². The number of ketones is 1. The summed E-state index contributed by atoms with van der Waals surface area (Å²) >= 11 is 0. The molecule has 0 radical (unpaired) electrons. The van der Waals surface area contributed by atoms with Crippen LogP contribution in [-0.4, -0.2) is 18.4 Å². The third kappa shape index (κ3) is 6.81. The number of carbonyl (C=O) groups is 2. The third-order valence-electron chi connectivity index (χ3n) is 1.16. The van der Waals surface area contributed by atoms with Crippen LogP contribution < -0.4 is 0 Å². The van der Waals surface area contributed by atoms with Crippen molar-refractivity contribution in [2.24, 2.45) is 0 Å². The Morgan fingerprint density at radius 3 is 2.50 bits per heavy atom. The van der Waals surface area contributed by atoms with E-state index in [0.29, 0.717) is 0 Å². The SMILES string of the molecule is CC#CCOC(=O)CCC(C)=O. The van der Waals surface area contributed by atoms with Gasteiger partial charge < -0.3 is 9.53 Å². The lowest BCUT2D eigenvalue weighted by Gasteiger charge is -1.97. The first kappa shape index (κ1) is 10.7. The molecule has 3 nitrogen and oxygen atoms in total. The van der Waals surface area contributed by atoms with Crippen LogP contribution >= 0.6 is 0 Å². The van der Waals surface area contributed by atoms with Crippen LogP contribution in [-0.2, 0) is 14.3 Å². The smallest absolute Gasteiger partial charge is 0.307 e. The maximum atomic E-state index is 10.8. The summed E-state index contributed by atoms with van der Waals surface area (Å²) in [5, 5.41) is 0. The monoisotopic (exact) mass is 168 g/mol. The fraction of sp³-hybridized carbons (Fsp3) is 0.556. The molecule has 0 aliphatic rings. The van der Waals surface area contributed by atoms with Crippen LogP contribution in [0.3, 0.4) is 0 Å². The molecule has 0 bridgehead atoms. The summed E-state index contributed by atoms with van der Waals surface area (Å²) in [6.07, 6.45) is 0.402. The van der Waals surface area contributed by atoms with Crippen LogP contribution in [0.15, 0.2) is 0 Å². The zero-order chi connectivity index (χ0) is 9.40. The minimum Gasteiger partial charge on any atom is -0.452 e. The van der Waals surface area contributed by atoms with Gasteiger partial charge in [0.2, 0.25) is 0 Å². The van der Waals surface area contributed by atoms with Crippen molar-refractivity contribution in [3.8, 4) is 11.8 Å². The van der Waals surface area contributed by atoms with Gasteiger partial charge in [-0.05, 0) is 13.8 Å². The lowest BCUT2D eigenvalue weighted by Crippen LogP contribution is -2.06. The Morgan fingerprint density at radius 1 is 1.33 bits per heavy atom. The molecular formula is C9H12O3. The van der Waals surface area contributed by atoms with Gasteiger partial charge in [-0.2, -0.15) is 0 Å². The molecule has 0 saturated heterocycles. The molecule has 0 aliphatic heterocycles. The predicted molar refractivity (Wildman–Crippen MR) is 44.3 cm³/mol. The number of rotatable bonds is 4. The van der Waals surface area contributed by atoms with Crippen molar-refractivity contribution in [1.29, 1.82) is 0 Å². The molecule has 3 heteroatoms. The third-order valence-corrected chi connectivity index (χ3v) is 1.16. The van der Waals surface area contributed by atoms with Gasteiger partial charge >= 0.3 is 5.97 Å². The summed E-state index contributed by atoms with van der Waals surface area (Å²) in [5.74, 6) is 4.81. The Kier molecular flexibility index (Phi) is 5.72. The van der Waals surface area contributed by atoms with Crippen LogP contribution in [0.2, 0.25) is 0 Å². The molecule has 0 amide bonds. The van der Waals surface area contributed by atoms with Crippen LogP contribution in [0.1, 0.15) is 26.7 Å². The van der Waals surface area contributed by atoms with E-state index in [2.05, 4.69) is 16.6 Å². The Balaban J connectivity index is 3.44. The van der Waals surface area contributed by atoms with Gasteiger partial charge in [-0.15, -0.1) is 5.92 Å². The minimum absolute atomic E-state index is 0.00599. The van der Waals surface area contributed by atoms with E-state index in [9.17, 15) is 9.59 Å². The number of Topliss-reactive ketones (excluding diaryl/α,β-unsaturated/α-hetero) is 1. The molecule has 0 aromatic carbocycles. The quantitative estimate of drug-likeness (QED) is 0.463. The van der Waals surface area contributed by atoms with Crippen molar-refractivity contribution in [1.82, 2.24) is 0 Å². The van der Waals surface area contributed by atoms with Crippen LogP contribution in [0.5, 0.6) is 0 Å². The highest BCUT2D eigenvalue weighted by Gasteiger charge is 2.02. The number of hydrogen-bond donors (Lipinski definition) is 0. The number of carbonyl (C=O) groups excluding carboxylic acids is 2. The maximum Gasteiger partial charge on any atom is 0.307 e. The zero-order valence-electron chi connectivity index (χ0n) is 7.35. The fourth-order valence-electron chi connectivity index (χ4n) is 0.539. The van der Waals surface area contributed by atoms with Crippen LogP contribution in [0.4, 0.5) is 0 Å². The average Bonchev–Trinajstić information content (AvgIpc) is 2.01. The number of hydrogen-bond acceptors (Lipinski definition) is 3. The summed E-state index contributed by atoms with van der Waals surface area (Å²) in [5.41, 5.74) is 0. The Hall–Kier alpha value is -1.30. The molecule has 0 saturated carbocycles. The predicted octanol–water partition coefficient (Wildman–Crippen LogP) is 0.922. The standard InChI is InChI=1S/C9H12O3/c1-3-4-7-12-9(11)6-5-8(2)10/h5-7H2,1-2H3. The molecule has 0 fully saturated rings. The van der Waals surface area contributed by atoms with Gasteiger partial charge in [0, 0.05) is 6.42 Å². The molecule has 0 rings (SSSR count). The number of ether oxygens (including phenoxy) is 1. The van der Waals surface area contributed by atoms with E-state index >= 15 is 0 Å². The molecular weight excluding hydrogens is 156 g/mol. The van der Waals surface area contributed by atoms with E-state index in [-0.39, 0.29) is 31.2 Å². The Bertz CT molecular complexity index is 220. The fourth-order valence-corrected chi connectivity index (χ4v) is 0.539. The van der Waals surface area contributed by atoms with Crippen LogP contribution in [0.25, 0.3) is 0 Å². The first-order valence-corrected chi connectivity index (χ1v) is 3.71. The van der Waals surface area contributed by atoms with E-state index in [1.165, 1.54) is 6.92 Å². The van der Waals surface area contributed by atoms with Gasteiger partial charge in [0.05, 0.1) is 6.42 Å². The lowest BCUT2D eigenvalue weighted by atomic mass is 10.2. The first-order chi connectivity index (χ1) is 5.66. The van der Waals surface area contributed by atoms with Crippen LogP contribution in [0, 0.1) is 11.8 Å². The van der Waals surface area contributed by atoms with Crippen molar-refractivity contribution in [3.63, 3.8) is 0 Å². The molecule has 0 spiro atoms. The second-order valence-corrected chi connectivity index (χ2v) is 2.29. The van der Waals surface area contributed by atoms with E-state index < -0.39 is 0 Å². The second kappa shape index (κ2) is 6.41. The highest BCUT2D eigenvalue weighted by molar-refractivity contribution is 5.80. The van der Waals surface area contributed by atoms with Gasteiger partial charge in [0.25, 0.3) is 0 Å². The number of esters is 1. The maximum absolute atomic E-state index is 10.8. The lowest BCUT2D eigenvalue weighted by molar-refractivity contribution is -0.143. The van der Waals surface area contributed by atoms with E-state index in [4.69, 9.17) is 0 Å². The molecule has 0 N–H and O–H groups in total. The molecule has 0 aromatic rings. The largest absolute Gasteiger partial charge is 0.452 e. The molecule has 0 unspecified atom stereocenters. The van der Waals surface area contributed by atoms with Gasteiger partial charge in [0.15, 0.2) is 6.61 Å². The highest BCUT2D eigenvalue weighted by Crippen LogP contribution is 1.92. The Morgan fingerprint density at radius 2 is 2.00 bits per heavy atom. The molecule has 0 aliphatic carbocycles. The van der Waals surface area contributed by atoms with Crippen molar-refractivity contribution in [3.05, 3.63) is 0 Å². The molecule has 0 heterocycles. The zero-order valence-corrected chi connectivity index (χ0v) is 7.35. The van der Waals surface area contributed by atoms with E-state index in [0.717, 1.165) is 0 Å². The van der Waals surface area contributed by atoms with E-state index in [1.807, 2.05) is 0 Å². The summed E-state index contributed by atoms with van der Waals surface area (Å²) in [4.78, 5) is 21.2. The Labute approximate surface area is 72.1 Å². The van der Waals surface area contributed by atoms with E-state index in [1.54, 1.807) is 6.92 Å². The minimum atomic E-state index is -0.368. The van der Waals surface area contributed by atoms with Gasteiger partial charge in [0.1, 0.15) is 5.78 Å². The summed E-state index contributed by atoms with van der Waals surface area (Å²) in [7, 11) is 0. The van der Waals surface area contributed by atoms with Crippen molar-refractivity contribution in [2.45, 2.75) is 26.7 Å². The van der Waals surface area contributed by atoms with Crippen molar-refractivity contribution >= 4 is 11.8 Å². The van der Waals surface area contributed by atoms with Gasteiger partial charge in [-0.1, -0.05) is 5.92 Å². The average molecular weight is 168 g/mol. The molecule has 0 aromatic heterocycles. The van der Waals surface area contributed by atoms with Gasteiger partial charge in [-0.25, -0.2) is 0 Å². The summed E-state index contributed by atoms with van der Waals surface area (Å²) in [6, 6.07) is 0.